The van der Waals surface area contributed by atoms with Crippen molar-refractivity contribution in [3.8, 4) is 16.9 Å². The molecule has 5 nitrogen and oxygen atoms in total. The lowest BCUT2D eigenvalue weighted by Crippen LogP contribution is -2.44. The quantitative estimate of drug-likeness (QED) is 0.677. The molecule has 0 aliphatic heterocycles. The summed E-state index contributed by atoms with van der Waals surface area (Å²) in [7, 11) is 1.54. The van der Waals surface area contributed by atoms with Gasteiger partial charge in [-0.15, -0.1) is 0 Å². The van der Waals surface area contributed by atoms with Crippen LogP contribution in [0, 0.1) is 0 Å². The Bertz CT molecular complexity index is 1030. The highest BCUT2D eigenvalue weighted by Crippen LogP contribution is 2.44. The summed E-state index contributed by atoms with van der Waals surface area (Å²) in [6.07, 6.45) is 0.140. The second-order valence-corrected chi connectivity index (χ2v) is 7.02. The zero-order valence-electron chi connectivity index (χ0n) is 16.0. The molecule has 0 bridgehead atoms. The Hall–Kier alpha value is -3.60. The minimum absolute atomic E-state index is 0.140. The number of amides is 1. The van der Waals surface area contributed by atoms with E-state index in [1.807, 2.05) is 60.7 Å². The Morgan fingerprint density at radius 1 is 0.931 bits per heavy atom. The van der Waals surface area contributed by atoms with Crippen LogP contribution >= 0.6 is 0 Å². The summed E-state index contributed by atoms with van der Waals surface area (Å²) < 4.78 is 5.32. The second-order valence-electron chi connectivity index (χ2n) is 7.02. The zero-order chi connectivity index (χ0) is 20.4. The van der Waals surface area contributed by atoms with Crippen molar-refractivity contribution in [2.24, 2.45) is 0 Å². The van der Waals surface area contributed by atoms with Crippen LogP contribution in [0.25, 0.3) is 11.1 Å². The molecule has 0 saturated carbocycles. The number of hydrogen-bond donors (Lipinski definition) is 2. The number of carbonyl (C=O) groups is 2. The molecular formula is C24H21NO4. The normalized spacial score (nSPS) is 13.3. The third-order valence-electron chi connectivity index (χ3n) is 5.33. The van der Waals surface area contributed by atoms with Gasteiger partial charge in [0.1, 0.15) is 11.8 Å². The van der Waals surface area contributed by atoms with Crippen LogP contribution in [0.5, 0.6) is 5.75 Å². The van der Waals surface area contributed by atoms with Crippen molar-refractivity contribution in [1.29, 1.82) is 0 Å². The fourth-order valence-corrected chi connectivity index (χ4v) is 3.98. The van der Waals surface area contributed by atoms with Crippen molar-refractivity contribution in [2.45, 2.75) is 18.4 Å². The molecule has 0 aromatic heterocycles. The molecule has 0 unspecified atom stereocenters. The summed E-state index contributed by atoms with van der Waals surface area (Å²) in [5, 5.41) is 12.5. The van der Waals surface area contributed by atoms with E-state index in [1.165, 1.54) is 0 Å². The molecule has 4 rings (SSSR count). The largest absolute Gasteiger partial charge is 0.496 e. The van der Waals surface area contributed by atoms with E-state index in [2.05, 4.69) is 5.32 Å². The molecule has 146 valence electrons. The van der Waals surface area contributed by atoms with Crippen molar-refractivity contribution in [3.63, 3.8) is 0 Å². The first kappa shape index (κ1) is 18.7. The predicted octanol–water partition coefficient (Wildman–Crippen LogP) is 3.62. The molecule has 1 aliphatic carbocycles. The number of methoxy groups -OCH3 is 1. The highest BCUT2D eigenvalue weighted by Gasteiger charge is 2.35. The monoisotopic (exact) mass is 387 g/mol. The van der Waals surface area contributed by atoms with E-state index in [0.29, 0.717) is 5.75 Å². The van der Waals surface area contributed by atoms with E-state index >= 15 is 0 Å². The number of fused-ring (bicyclic) bond motifs is 3. The van der Waals surface area contributed by atoms with Gasteiger partial charge >= 0.3 is 5.97 Å². The van der Waals surface area contributed by atoms with Gasteiger partial charge in [-0.25, -0.2) is 4.79 Å². The van der Waals surface area contributed by atoms with E-state index < -0.39 is 17.9 Å². The standard InChI is InChI=1S/C24H21NO4/c1-29-21-13-7-2-8-15(21)14-20(24(27)28)25-23(26)22-18-11-5-3-9-16(18)17-10-4-6-12-19(17)22/h2-13,20,22H,14H2,1H3,(H,25,26)(H,27,28)/t20-/m1/s1. The number of carboxylic acid groups (broad SMARTS) is 1. The average Bonchev–Trinajstić information content (AvgIpc) is 3.08. The summed E-state index contributed by atoms with van der Waals surface area (Å²) in [6, 6.07) is 21.7. The fraction of sp³-hybridized carbons (Fsp3) is 0.167. The Kier molecular flexibility index (Phi) is 5.04. The molecule has 5 heteroatoms. The Labute approximate surface area is 169 Å². The number of aliphatic carboxylic acids is 1. The molecule has 1 aliphatic rings. The molecular weight excluding hydrogens is 366 g/mol. The highest BCUT2D eigenvalue weighted by molar-refractivity contribution is 5.97. The number of ether oxygens (including phenoxy) is 1. The minimum Gasteiger partial charge on any atom is -0.496 e. The highest BCUT2D eigenvalue weighted by atomic mass is 16.5. The number of carboxylic acids is 1. The number of benzene rings is 3. The summed E-state index contributed by atoms with van der Waals surface area (Å²) in [6.45, 7) is 0. The molecule has 0 heterocycles. The molecule has 2 N–H and O–H groups in total. The van der Waals surface area contributed by atoms with E-state index in [-0.39, 0.29) is 12.3 Å². The maximum absolute atomic E-state index is 13.2. The molecule has 3 aromatic rings. The molecule has 3 aromatic carbocycles. The van der Waals surface area contributed by atoms with Crippen molar-refractivity contribution in [3.05, 3.63) is 89.5 Å². The minimum atomic E-state index is -1.08. The first-order chi connectivity index (χ1) is 14.1. The van der Waals surface area contributed by atoms with Crippen molar-refractivity contribution < 1.29 is 19.4 Å². The third-order valence-corrected chi connectivity index (χ3v) is 5.33. The van der Waals surface area contributed by atoms with Gasteiger partial charge in [-0.3, -0.25) is 4.79 Å². The number of para-hydroxylation sites is 1. The second kappa shape index (κ2) is 7.80. The van der Waals surface area contributed by atoms with Gasteiger partial charge in [-0.1, -0.05) is 66.7 Å². The van der Waals surface area contributed by atoms with Gasteiger partial charge in [-0.2, -0.15) is 0 Å². The van der Waals surface area contributed by atoms with Crippen molar-refractivity contribution >= 4 is 11.9 Å². The van der Waals surface area contributed by atoms with E-state index in [0.717, 1.165) is 27.8 Å². The average molecular weight is 387 g/mol. The van der Waals surface area contributed by atoms with Crippen molar-refractivity contribution in [2.75, 3.05) is 7.11 Å². The lowest BCUT2D eigenvalue weighted by atomic mass is 9.95. The first-order valence-corrected chi connectivity index (χ1v) is 9.43. The van der Waals surface area contributed by atoms with Crippen molar-refractivity contribution in [1.82, 2.24) is 5.32 Å². The smallest absolute Gasteiger partial charge is 0.326 e. The van der Waals surface area contributed by atoms with Gasteiger partial charge < -0.3 is 15.2 Å². The Morgan fingerprint density at radius 2 is 1.48 bits per heavy atom. The summed E-state index contributed by atoms with van der Waals surface area (Å²) in [4.78, 5) is 25.1. The SMILES string of the molecule is COc1ccccc1C[C@@H](NC(=O)C1c2ccccc2-c2ccccc21)C(=O)O. The topological polar surface area (TPSA) is 75.6 Å². The van der Waals surface area contributed by atoms with Gasteiger partial charge in [0.2, 0.25) is 5.91 Å². The van der Waals surface area contributed by atoms with Crippen LogP contribution in [0.4, 0.5) is 0 Å². The summed E-state index contributed by atoms with van der Waals surface area (Å²) in [5.41, 5.74) is 4.55. The number of carbonyl (C=O) groups excluding carboxylic acids is 1. The van der Waals surface area contributed by atoms with Gasteiger partial charge in [-0.05, 0) is 33.9 Å². The summed E-state index contributed by atoms with van der Waals surface area (Å²) in [5.74, 6) is -1.32. The molecule has 29 heavy (non-hydrogen) atoms. The van der Waals surface area contributed by atoms with Crippen LogP contribution in [0.1, 0.15) is 22.6 Å². The van der Waals surface area contributed by atoms with Crippen LogP contribution < -0.4 is 10.1 Å². The van der Waals surface area contributed by atoms with E-state index in [4.69, 9.17) is 4.74 Å². The van der Waals surface area contributed by atoms with Gasteiger partial charge in [0.15, 0.2) is 0 Å². The van der Waals surface area contributed by atoms with Crippen LogP contribution in [0.2, 0.25) is 0 Å². The van der Waals surface area contributed by atoms with Gasteiger partial charge in [0, 0.05) is 6.42 Å². The molecule has 0 fully saturated rings. The third kappa shape index (κ3) is 3.47. The molecule has 1 atom stereocenters. The Morgan fingerprint density at radius 3 is 2.07 bits per heavy atom. The molecule has 0 spiro atoms. The predicted molar refractivity (Wildman–Crippen MR) is 110 cm³/mol. The lowest BCUT2D eigenvalue weighted by molar-refractivity contribution is -0.141. The zero-order valence-corrected chi connectivity index (χ0v) is 16.0. The molecule has 0 radical (unpaired) electrons. The number of hydrogen-bond acceptors (Lipinski definition) is 3. The van der Waals surface area contributed by atoms with E-state index in [9.17, 15) is 14.7 Å². The van der Waals surface area contributed by atoms with Crippen LogP contribution in [0.15, 0.2) is 72.8 Å². The van der Waals surface area contributed by atoms with Crippen LogP contribution in [0.3, 0.4) is 0 Å². The van der Waals surface area contributed by atoms with Gasteiger partial charge in [0.05, 0.1) is 13.0 Å². The maximum Gasteiger partial charge on any atom is 0.326 e. The van der Waals surface area contributed by atoms with E-state index in [1.54, 1.807) is 19.2 Å². The van der Waals surface area contributed by atoms with Crippen LogP contribution in [-0.4, -0.2) is 30.1 Å². The van der Waals surface area contributed by atoms with Crippen LogP contribution in [-0.2, 0) is 16.0 Å². The fourth-order valence-electron chi connectivity index (χ4n) is 3.98. The molecule has 1 amide bonds. The summed E-state index contributed by atoms with van der Waals surface area (Å²) >= 11 is 0. The molecule has 0 saturated heterocycles. The number of rotatable bonds is 6. The first-order valence-electron chi connectivity index (χ1n) is 9.43. The lowest BCUT2D eigenvalue weighted by Gasteiger charge is -2.20. The van der Waals surface area contributed by atoms with Gasteiger partial charge in [0.25, 0.3) is 0 Å². The maximum atomic E-state index is 13.2. The Balaban J connectivity index is 1.63. The number of nitrogens with one attached hydrogen (secondary N) is 1.